The smallest absolute Gasteiger partial charge is 0.0693 e. The summed E-state index contributed by atoms with van der Waals surface area (Å²) in [5.74, 6) is 0. The molecule has 1 rings (SSSR count). The summed E-state index contributed by atoms with van der Waals surface area (Å²) in [6, 6.07) is 0. The number of hydrogen-bond donors (Lipinski definition) is 1. The van der Waals surface area contributed by atoms with Crippen LogP contribution in [-0.2, 0) is 6.54 Å². The van der Waals surface area contributed by atoms with E-state index in [1.165, 1.54) is 6.20 Å². The summed E-state index contributed by atoms with van der Waals surface area (Å²) in [6.07, 6.45) is 6.70. The van der Waals surface area contributed by atoms with Gasteiger partial charge in [-0.2, -0.15) is 0 Å². The number of nitrogens with zero attached hydrogens (tertiary/aromatic N) is 3. The van der Waals surface area contributed by atoms with Gasteiger partial charge in [0.05, 0.1) is 12.7 Å². The Morgan fingerprint density at radius 1 is 1.67 bits per heavy atom. The summed E-state index contributed by atoms with van der Waals surface area (Å²) < 4.78 is 1.68. The van der Waals surface area contributed by atoms with Gasteiger partial charge in [-0.15, -0.1) is 5.10 Å². The Morgan fingerprint density at radius 2 is 2.56 bits per heavy atom. The minimum absolute atomic E-state index is 0.691. The Hall–Kier alpha value is -1.32. The molecule has 0 radical (unpaired) electrons. The van der Waals surface area contributed by atoms with Gasteiger partial charge in [-0.05, 0) is 12.3 Å². The zero-order chi connectivity index (χ0) is 6.53. The first-order valence-corrected chi connectivity index (χ1v) is 2.64. The number of hydrogen-bond acceptors (Lipinski definition) is 3. The maximum atomic E-state index is 5.10. The molecule has 0 atom stereocenters. The normalized spacial score (nSPS) is 10.7. The maximum Gasteiger partial charge on any atom is 0.0693 e. The topological polar surface area (TPSA) is 56.7 Å². The second-order valence-corrected chi connectivity index (χ2v) is 1.55. The highest BCUT2D eigenvalue weighted by Gasteiger charge is 1.82. The maximum absolute atomic E-state index is 5.10. The SMILES string of the molecule is N/C=C/Cn1ccnn1. The molecule has 1 heterocycles. The molecule has 0 saturated heterocycles. The molecule has 1 aromatic heterocycles. The average Bonchev–Trinajstić information content (AvgIpc) is 2.34. The summed E-state index contributed by atoms with van der Waals surface area (Å²) in [5, 5.41) is 7.33. The van der Waals surface area contributed by atoms with E-state index in [1.54, 1.807) is 23.2 Å². The van der Waals surface area contributed by atoms with Crippen molar-refractivity contribution >= 4 is 0 Å². The lowest BCUT2D eigenvalue weighted by atomic mass is 10.6. The van der Waals surface area contributed by atoms with E-state index < -0.39 is 0 Å². The van der Waals surface area contributed by atoms with Gasteiger partial charge in [-0.3, -0.25) is 0 Å². The zero-order valence-electron chi connectivity index (χ0n) is 4.94. The second-order valence-electron chi connectivity index (χ2n) is 1.55. The predicted molar refractivity (Wildman–Crippen MR) is 33.3 cm³/mol. The van der Waals surface area contributed by atoms with Gasteiger partial charge in [0.25, 0.3) is 0 Å². The first-order chi connectivity index (χ1) is 4.43. The van der Waals surface area contributed by atoms with E-state index in [2.05, 4.69) is 10.3 Å². The van der Waals surface area contributed by atoms with Crippen molar-refractivity contribution in [3.05, 3.63) is 24.7 Å². The highest BCUT2D eigenvalue weighted by Crippen LogP contribution is 1.79. The van der Waals surface area contributed by atoms with Crippen LogP contribution in [0.15, 0.2) is 24.7 Å². The van der Waals surface area contributed by atoms with Crippen LogP contribution in [-0.4, -0.2) is 15.0 Å². The molecule has 0 aliphatic heterocycles. The third-order valence-electron chi connectivity index (χ3n) is 0.900. The molecule has 4 nitrogen and oxygen atoms in total. The molecule has 0 amide bonds. The van der Waals surface area contributed by atoms with Crippen LogP contribution >= 0.6 is 0 Å². The Kier molecular flexibility index (Phi) is 1.85. The third-order valence-corrected chi connectivity index (χ3v) is 0.900. The van der Waals surface area contributed by atoms with Gasteiger partial charge in [0.1, 0.15) is 0 Å². The van der Waals surface area contributed by atoms with Crippen LogP contribution in [0.4, 0.5) is 0 Å². The first-order valence-electron chi connectivity index (χ1n) is 2.64. The van der Waals surface area contributed by atoms with Crippen molar-refractivity contribution in [1.82, 2.24) is 15.0 Å². The van der Waals surface area contributed by atoms with Crippen molar-refractivity contribution in [3.63, 3.8) is 0 Å². The van der Waals surface area contributed by atoms with Crippen molar-refractivity contribution in [3.8, 4) is 0 Å². The number of nitrogens with two attached hydrogens (primary N) is 1. The highest BCUT2D eigenvalue weighted by molar-refractivity contribution is 4.77. The van der Waals surface area contributed by atoms with Crippen LogP contribution in [0.2, 0.25) is 0 Å². The molecular formula is C5H8N4. The van der Waals surface area contributed by atoms with Crippen LogP contribution < -0.4 is 5.73 Å². The van der Waals surface area contributed by atoms with Gasteiger partial charge < -0.3 is 5.73 Å². The van der Waals surface area contributed by atoms with E-state index in [-0.39, 0.29) is 0 Å². The van der Waals surface area contributed by atoms with Crippen molar-refractivity contribution < 1.29 is 0 Å². The van der Waals surface area contributed by atoms with Crippen LogP contribution in [0.25, 0.3) is 0 Å². The molecule has 0 fully saturated rings. The van der Waals surface area contributed by atoms with Crippen molar-refractivity contribution in [1.29, 1.82) is 0 Å². The molecule has 1 aromatic rings. The molecule has 9 heavy (non-hydrogen) atoms. The minimum Gasteiger partial charge on any atom is -0.405 e. The Morgan fingerprint density at radius 3 is 3.11 bits per heavy atom. The lowest BCUT2D eigenvalue weighted by Crippen LogP contribution is -1.96. The van der Waals surface area contributed by atoms with Crippen LogP contribution in [0, 0.1) is 0 Å². The quantitative estimate of drug-likeness (QED) is 0.591. The van der Waals surface area contributed by atoms with E-state index >= 15 is 0 Å². The van der Waals surface area contributed by atoms with Gasteiger partial charge in [0.2, 0.25) is 0 Å². The standard InChI is InChI=1S/C5H8N4/c6-2-1-4-9-5-3-7-8-9/h1-3,5H,4,6H2/b2-1+. The number of rotatable bonds is 2. The largest absolute Gasteiger partial charge is 0.405 e. The van der Waals surface area contributed by atoms with Crippen molar-refractivity contribution in [2.45, 2.75) is 6.54 Å². The Balaban J connectivity index is 2.48. The van der Waals surface area contributed by atoms with E-state index in [4.69, 9.17) is 5.73 Å². The summed E-state index contributed by atoms with van der Waals surface area (Å²) >= 11 is 0. The molecule has 0 spiro atoms. The average molecular weight is 124 g/mol. The molecule has 0 aliphatic carbocycles. The molecule has 0 aliphatic rings. The van der Waals surface area contributed by atoms with E-state index in [0.717, 1.165) is 0 Å². The van der Waals surface area contributed by atoms with Crippen molar-refractivity contribution in [2.75, 3.05) is 0 Å². The molecule has 0 saturated carbocycles. The van der Waals surface area contributed by atoms with Crippen molar-refractivity contribution in [2.24, 2.45) is 5.73 Å². The fourth-order valence-electron chi connectivity index (χ4n) is 0.499. The molecule has 0 aromatic carbocycles. The van der Waals surface area contributed by atoms with E-state index in [0.29, 0.717) is 6.54 Å². The molecule has 48 valence electrons. The lowest BCUT2D eigenvalue weighted by Gasteiger charge is -1.88. The van der Waals surface area contributed by atoms with E-state index in [9.17, 15) is 0 Å². The lowest BCUT2D eigenvalue weighted by molar-refractivity contribution is 0.661. The molecule has 2 N–H and O–H groups in total. The van der Waals surface area contributed by atoms with Gasteiger partial charge in [0.15, 0.2) is 0 Å². The summed E-state index contributed by atoms with van der Waals surface area (Å²) in [6.45, 7) is 0.691. The van der Waals surface area contributed by atoms with Gasteiger partial charge in [0, 0.05) is 6.20 Å². The zero-order valence-corrected chi connectivity index (χ0v) is 4.94. The van der Waals surface area contributed by atoms with Crippen LogP contribution in [0.3, 0.4) is 0 Å². The van der Waals surface area contributed by atoms with Gasteiger partial charge >= 0.3 is 0 Å². The fraction of sp³-hybridized carbons (Fsp3) is 0.200. The van der Waals surface area contributed by atoms with Crippen LogP contribution in [0.5, 0.6) is 0 Å². The molecule has 0 unspecified atom stereocenters. The van der Waals surface area contributed by atoms with E-state index in [1.807, 2.05) is 0 Å². The summed E-state index contributed by atoms with van der Waals surface area (Å²) in [4.78, 5) is 0. The minimum atomic E-state index is 0.691. The van der Waals surface area contributed by atoms with Gasteiger partial charge in [-0.25, -0.2) is 4.68 Å². The molecule has 4 heteroatoms. The summed E-state index contributed by atoms with van der Waals surface area (Å²) in [7, 11) is 0. The third kappa shape index (κ3) is 1.56. The predicted octanol–water partition coefficient (Wildman–Crippen LogP) is -0.250. The highest BCUT2D eigenvalue weighted by atomic mass is 15.4. The Bertz CT molecular complexity index is 177. The molecular weight excluding hydrogens is 116 g/mol. The second kappa shape index (κ2) is 2.86. The first kappa shape index (κ1) is 5.81. The van der Waals surface area contributed by atoms with Gasteiger partial charge in [-0.1, -0.05) is 5.21 Å². The molecule has 0 bridgehead atoms. The fourth-order valence-corrected chi connectivity index (χ4v) is 0.499. The summed E-state index contributed by atoms with van der Waals surface area (Å²) in [5.41, 5.74) is 5.10. The number of allylic oxidation sites excluding steroid dienone is 1. The van der Waals surface area contributed by atoms with Crippen LogP contribution in [0.1, 0.15) is 0 Å². The number of aromatic nitrogens is 3. The monoisotopic (exact) mass is 124 g/mol. The Labute approximate surface area is 53.0 Å².